The molecular weight excluding hydrogens is 729 g/mol. The molecule has 3 fully saturated rings. The summed E-state index contributed by atoms with van der Waals surface area (Å²) in [5, 5.41) is 26.7. The van der Waals surface area contributed by atoms with E-state index in [0.717, 1.165) is 50.5 Å². The van der Waals surface area contributed by atoms with Crippen LogP contribution in [0, 0.1) is 11.3 Å². The first-order valence-electron chi connectivity index (χ1n) is 20.5. The van der Waals surface area contributed by atoms with Crippen LogP contribution >= 0.6 is 0 Å². The topological polar surface area (TPSA) is 212 Å². The number of carboxylic acids is 1. The van der Waals surface area contributed by atoms with E-state index in [1.165, 1.54) is 0 Å². The third-order valence-electron chi connectivity index (χ3n) is 11.6. The van der Waals surface area contributed by atoms with Crippen LogP contribution in [0.2, 0.25) is 0 Å². The quantitative estimate of drug-likeness (QED) is 0.199. The molecule has 1 spiro atoms. The van der Waals surface area contributed by atoms with Crippen molar-refractivity contribution in [3.63, 3.8) is 0 Å². The first-order chi connectivity index (χ1) is 27.4. The van der Waals surface area contributed by atoms with Crippen LogP contribution in [0.4, 0.5) is 5.69 Å². The molecule has 0 aromatic heterocycles. The number of carbonyl (C=O) groups excluding carboxylic acids is 6. The second-order valence-corrected chi connectivity index (χ2v) is 16.2. The van der Waals surface area contributed by atoms with Gasteiger partial charge in [0.15, 0.2) is 0 Å². The van der Waals surface area contributed by atoms with Crippen molar-refractivity contribution in [3.8, 4) is 0 Å². The minimum absolute atomic E-state index is 0.000350. The Labute approximate surface area is 334 Å². The molecule has 1 saturated heterocycles. The summed E-state index contributed by atoms with van der Waals surface area (Å²) in [6.07, 6.45) is 9.01. The molecular formula is C43H58N6O8. The molecule has 0 bridgehead atoms. The molecule has 2 aromatic rings. The molecule has 6 amide bonds. The molecule has 1 heterocycles. The maximum absolute atomic E-state index is 13.7. The third kappa shape index (κ3) is 13.1. The zero-order chi connectivity index (χ0) is 40.8. The minimum Gasteiger partial charge on any atom is -0.480 e. The Kier molecular flexibility index (Phi) is 15.6. The monoisotopic (exact) mass is 786 g/mol. The van der Waals surface area contributed by atoms with Gasteiger partial charge in [0.2, 0.25) is 35.4 Å². The highest BCUT2D eigenvalue weighted by Gasteiger charge is 2.40. The van der Waals surface area contributed by atoms with Crippen molar-refractivity contribution in [1.29, 1.82) is 0 Å². The van der Waals surface area contributed by atoms with Crippen molar-refractivity contribution >= 4 is 47.1 Å². The molecule has 0 unspecified atom stereocenters. The summed E-state index contributed by atoms with van der Waals surface area (Å²) in [5.41, 5.74) is 1.38. The largest absolute Gasteiger partial charge is 0.480 e. The zero-order valence-electron chi connectivity index (χ0n) is 32.9. The Hall–Kier alpha value is -5.27. The van der Waals surface area contributed by atoms with E-state index in [1.54, 1.807) is 31.2 Å². The van der Waals surface area contributed by atoms with E-state index in [2.05, 4.69) is 31.9 Å². The van der Waals surface area contributed by atoms with Crippen LogP contribution in [0.25, 0.3) is 0 Å². The number of benzene rings is 2. The van der Waals surface area contributed by atoms with Crippen molar-refractivity contribution in [1.82, 2.24) is 26.6 Å². The second-order valence-electron chi connectivity index (χ2n) is 16.2. The smallest absolute Gasteiger partial charge is 0.326 e. The van der Waals surface area contributed by atoms with Gasteiger partial charge in [-0.15, -0.1) is 0 Å². The van der Waals surface area contributed by atoms with Crippen molar-refractivity contribution in [2.75, 3.05) is 11.9 Å². The fourth-order valence-electron chi connectivity index (χ4n) is 8.45. The number of hydrogen-bond acceptors (Lipinski definition) is 7. The fourth-order valence-corrected chi connectivity index (χ4v) is 8.45. The molecule has 3 aliphatic rings. The van der Waals surface area contributed by atoms with Crippen molar-refractivity contribution in [3.05, 3.63) is 65.7 Å². The molecule has 14 heteroatoms. The highest BCUT2D eigenvalue weighted by Crippen LogP contribution is 2.44. The van der Waals surface area contributed by atoms with E-state index in [0.29, 0.717) is 36.9 Å². The molecule has 0 radical (unpaired) electrons. The highest BCUT2D eigenvalue weighted by molar-refractivity contribution is 5.98. The molecule has 2 aromatic carbocycles. The lowest BCUT2D eigenvalue weighted by Gasteiger charge is -2.30. The normalized spacial score (nSPS) is 23.4. The highest BCUT2D eigenvalue weighted by atomic mass is 16.4. The predicted octanol–water partition coefficient (Wildman–Crippen LogP) is 3.68. The summed E-state index contributed by atoms with van der Waals surface area (Å²) in [6, 6.07) is 12.6. The molecule has 4 atom stereocenters. The first-order valence-corrected chi connectivity index (χ1v) is 20.5. The van der Waals surface area contributed by atoms with E-state index in [4.69, 9.17) is 0 Å². The van der Waals surface area contributed by atoms with Gasteiger partial charge in [-0.1, -0.05) is 74.6 Å². The number of anilines is 1. The van der Waals surface area contributed by atoms with Gasteiger partial charge in [0.1, 0.15) is 24.2 Å². The molecule has 2 aliphatic carbocycles. The van der Waals surface area contributed by atoms with Crippen LogP contribution in [0.3, 0.4) is 0 Å². The Balaban J connectivity index is 1.28. The first kappa shape index (κ1) is 42.9. The van der Waals surface area contributed by atoms with Crippen LogP contribution in [0.1, 0.15) is 108 Å². The Morgan fingerprint density at radius 1 is 0.754 bits per heavy atom. The summed E-state index contributed by atoms with van der Waals surface area (Å²) in [7, 11) is 0. The molecule has 7 N–H and O–H groups in total. The van der Waals surface area contributed by atoms with Crippen LogP contribution < -0.4 is 31.9 Å². The maximum Gasteiger partial charge on any atom is 0.326 e. The predicted molar refractivity (Wildman–Crippen MR) is 214 cm³/mol. The van der Waals surface area contributed by atoms with E-state index in [1.807, 2.05) is 30.3 Å². The average molecular weight is 787 g/mol. The lowest BCUT2D eigenvalue weighted by molar-refractivity contribution is -0.142. The fraction of sp³-hybridized carbons (Fsp3) is 0.558. The summed E-state index contributed by atoms with van der Waals surface area (Å²) in [5.74, 6) is -3.47. The maximum atomic E-state index is 13.7. The van der Waals surface area contributed by atoms with E-state index in [9.17, 15) is 38.7 Å². The number of nitrogens with one attached hydrogen (secondary N) is 6. The number of rotatable bonds is 9. The second kappa shape index (κ2) is 20.8. The van der Waals surface area contributed by atoms with Crippen molar-refractivity contribution in [2.45, 2.75) is 134 Å². The average Bonchev–Trinajstić information content (AvgIpc) is 3.64. The van der Waals surface area contributed by atoms with Gasteiger partial charge in [-0.25, -0.2) is 4.79 Å². The van der Waals surface area contributed by atoms with Crippen LogP contribution in [-0.4, -0.2) is 77.2 Å². The van der Waals surface area contributed by atoms with Crippen LogP contribution in [0.5, 0.6) is 0 Å². The number of carboxylic acid groups (broad SMARTS) is 1. The van der Waals surface area contributed by atoms with Gasteiger partial charge in [-0.3, -0.25) is 28.8 Å². The number of amides is 6. The van der Waals surface area contributed by atoms with Crippen LogP contribution in [0.15, 0.2) is 54.6 Å². The number of hydrogen-bond donors (Lipinski definition) is 7. The molecule has 57 heavy (non-hydrogen) atoms. The molecule has 14 nitrogen and oxygen atoms in total. The standard InChI is InChI=1S/C43H58N6O8/c1-28-39(53)44-23-11-8-16-33(42(56)57)47-36(51)26-43(21-9-10-22-43)27-37(52)48-34(40(54)45-28)24-30-17-19-32(20-18-30)46-41(55)38(31-14-6-3-7-15-31)49-35(50)25-29-12-4-2-5-13-29/h2,4-5,12-13,17-20,28,31,33-34,38H,3,6-11,14-16,21-27H2,1H3,(H,44,53)(H,45,54)(H,46,55)(H,47,51)(H,48,52)(H,49,50)(H,56,57)/t28-,33+,34+,38+/m1/s1. The summed E-state index contributed by atoms with van der Waals surface area (Å²) in [6.45, 7) is 1.81. The lowest BCUT2D eigenvalue weighted by atomic mass is 9.78. The van der Waals surface area contributed by atoms with Gasteiger partial charge in [0, 0.05) is 31.5 Å². The summed E-state index contributed by atoms with van der Waals surface area (Å²) >= 11 is 0. The summed E-state index contributed by atoms with van der Waals surface area (Å²) < 4.78 is 0. The van der Waals surface area contributed by atoms with Gasteiger partial charge in [0.05, 0.1) is 6.42 Å². The Morgan fingerprint density at radius 2 is 1.40 bits per heavy atom. The van der Waals surface area contributed by atoms with Gasteiger partial charge < -0.3 is 37.0 Å². The van der Waals surface area contributed by atoms with Gasteiger partial charge in [-0.2, -0.15) is 0 Å². The minimum atomic E-state index is -1.14. The molecule has 1 aliphatic heterocycles. The van der Waals surface area contributed by atoms with E-state index < -0.39 is 59.2 Å². The number of aliphatic carboxylic acids is 1. The Bertz CT molecular complexity index is 1720. The van der Waals surface area contributed by atoms with E-state index >= 15 is 0 Å². The lowest BCUT2D eigenvalue weighted by Crippen LogP contribution is -2.54. The van der Waals surface area contributed by atoms with Gasteiger partial charge >= 0.3 is 5.97 Å². The van der Waals surface area contributed by atoms with Crippen molar-refractivity contribution in [2.24, 2.45) is 11.3 Å². The van der Waals surface area contributed by atoms with Crippen LogP contribution in [-0.2, 0) is 46.4 Å². The van der Waals surface area contributed by atoms with Gasteiger partial charge in [-0.05, 0) is 86.5 Å². The third-order valence-corrected chi connectivity index (χ3v) is 11.6. The van der Waals surface area contributed by atoms with E-state index in [-0.39, 0.29) is 56.4 Å². The SMILES string of the molecule is C[C@H]1NC(=O)[C@H](Cc2ccc(NC(=O)[C@@H](NC(=O)Cc3ccccc3)C3CCCCC3)cc2)NC(=O)CC2(CCCC2)CC(=O)N[C@H](C(=O)O)CCCCNC1=O. The molecule has 5 rings (SSSR count). The molecule has 2 saturated carbocycles. The molecule has 308 valence electrons. The summed E-state index contributed by atoms with van der Waals surface area (Å²) in [4.78, 5) is 92.1. The number of carbonyl (C=O) groups is 7. The van der Waals surface area contributed by atoms with Gasteiger partial charge in [0.25, 0.3) is 0 Å². The zero-order valence-corrected chi connectivity index (χ0v) is 32.9. The van der Waals surface area contributed by atoms with Crippen molar-refractivity contribution < 1.29 is 38.7 Å². The Morgan fingerprint density at radius 3 is 2.07 bits per heavy atom.